The van der Waals surface area contributed by atoms with Crippen molar-refractivity contribution in [1.29, 1.82) is 0 Å². The first-order valence-electron chi connectivity index (χ1n) is 7.27. The Morgan fingerprint density at radius 1 is 1.26 bits per heavy atom. The summed E-state index contributed by atoms with van der Waals surface area (Å²) in [6, 6.07) is 4.73. The first-order chi connectivity index (χ1) is 9.15. The fraction of sp³-hybridized carbons (Fsp3) is 0.625. The zero-order valence-electron chi connectivity index (χ0n) is 10.7. The molecule has 102 valence electrons. The number of fused-ring (bicyclic) bond motifs is 5. The van der Waals surface area contributed by atoms with E-state index in [9.17, 15) is 9.50 Å². The molecule has 0 aliphatic heterocycles. The van der Waals surface area contributed by atoms with E-state index in [4.69, 9.17) is 11.6 Å². The molecule has 5 atom stereocenters. The number of rotatable bonds is 3. The average Bonchev–Trinajstić information content (AvgIpc) is 2.82. The van der Waals surface area contributed by atoms with Gasteiger partial charge in [0.15, 0.2) is 0 Å². The standard InChI is InChI=1S/C16H18ClFO/c17-11-4-3-8(12(18)7-11)6-13(19)16-14-9-1-2-10(5-9)15(14)16/h3-4,7,9-10,13-16,19H,1-2,5-6H2. The number of benzene rings is 1. The Balaban J connectivity index is 1.47. The zero-order chi connectivity index (χ0) is 13.1. The summed E-state index contributed by atoms with van der Waals surface area (Å²) < 4.78 is 13.8. The van der Waals surface area contributed by atoms with E-state index in [-0.39, 0.29) is 11.9 Å². The Bertz CT molecular complexity index is 501. The van der Waals surface area contributed by atoms with Gasteiger partial charge in [0.1, 0.15) is 5.82 Å². The van der Waals surface area contributed by atoms with Crippen molar-refractivity contribution in [3.63, 3.8) is 0 Å². The van der Waals surface area contributed by atoms with Crippen molar-refractivity contribution in [3.05, 3.63) is 34.6 Å². The molecule has 0 aromatic heterocycles. The van der Waals surface area contributed by atoms with Gasteiger partial charge < -0.3 is 5.11 Å². The topological polar surface area (TPSA) is 20.2 Å². The van der Waals surface area contributed by atoms with Crippen LogP contribution in [-0.2, 0) is 6.42 Å². The third kappa shape index (κ3) is 1.84. The molecule has 3 aliphatic rings. The summed E-state index contributed by atoms with van der Waals surface area (Å²) in [7, 11) is 0. The molecular formula is C16H18ClFO. The molecule has 3 fully saturated rings. The van der Waals surface area contributed by atoms with Crippen LogP contribution in [0.15, 0.2) is 18.2 Å². The fourth-order valence-electron chi connectivity index (χ4n) is 4.96. The van der Waals surface area contributed by atoms with Crippen LogP contribution in [-0.4, -0.2) is 11.2 Å². The van der Waals surface area contributed by atoms with E-state index in [1.807, 2.05) is 0 Å². The summed E-state index contributed by atoms with van der Waals surface area (Å²) in [6.07, 6.45) is 4.14. The predicted molar refractivity (Wildman–Crippen MR) is 72.4 cm³/mol. The minimum absolute atomic E-state index is 0.291. The molecule has 19 heavy (non-hydrogen) atoms. The second-order valence-corrected chi connectivity index (χ2v) is 7.01. The predicted octanol–water partition coefficient (Wildman–Crippen LogP) is 3.67. The quantitative estimate of drug-likeness (QED) is 0.896. The second kappa shape index (κ2) is 4.20. The van der Waals surface area contributed by atoms with Crippen LogP contribution in [0.5, 0.6) is 0 Å². The maximum atomic E-state index is 13.8. The van der Waals surface area contributed by atoms with E-state index >= 15 is 0 Å². The van der Waals surface area contributed by atoms with Gasteiger partial charge in [0.2, 0.25) is 0 Å². The maximum absolute atomic E-state index is 13.8. The first kappa shape index (κ1) is 12.2. The van der Waals surface area contributed by atoms with Crippen LogP contribution in [0.4, 0.5) is 4.39 Å². The van der Waals surface area contributed by atoms with Crippen molar-refractivity contribution in [2.24, 2.45) is 29.6 Å². The number of hydrogen-bond donors (Lipinski definition) is 1. The van der Waals surface area contributed by atoms with Gasteiger partial charge in [-0.25, -0.2) is 4.39 Å². The largest absolute Gasteiger partial charge is 0.392 e. The molecule has 1 aromatic carbocycles. The lowest BCUT2D eigenvalue weighted by molar-refractivity contribution is 0.128. The highest BCUT2D eigenvalue weighted by molar-refractivity contribution is 6.30. The lowest BCUT2D eigenvalue weighted by Crippen LogP contribution is -2.19. The summed E-state index contributed by atoms with van der Waals surface area (Å²) in [4.78, 5) is 0. The highest BCUT2D eigenvalue weighted by Crippen LogP contribution is 2.70. The third-order valence-electron chi connectivity index (χ3n) is 5.68. The Labute approximate surface area is 117 Å². The minimum atomic E-state index is -0.380. The molecule has 1 aromatic rings. The Hall–Kier alpha value is -0.600. The summed E-state index contributed by atoms with van der Waals surface area (Å²) in [6.45, 7) is 0. The third-order valence-corrected chi connectivity index (χ3v) is 5.92. The van der Waals surface area contributed by atoms with Crippen LogP contribution < -0.4 is 0 Å². The second-order valence-electron chi connectivity index (χ2n) is 6.57. The van der Waals surface area contributed by atoms with E-state index in [1.165, 1.54) is 25.3 Å². The molecule has 2 bridgehead atoms. The van der Waals surface area contributed by atoms with E-state index in [0.717, 1.165) is 23.7 Å². The number of hydrogen-bond acceptors (Lipinski definition) is 1. The van der Waals surface area contributed by atoms with Crippen molar-refractivity contribution in [2.75, 3.05) is 0 Å². The molecule has 0 amide bonds. The Morgan fingerprint density at radius 3 is 2.58 bits per heavy atom. The van der Waals surface area contributed by atoms with Crippen LogP contribution >= 0.6 is 11.6 Å². The number of halogens is 2. The van der Waals surface area contributed by atoms with E-state index in [0.29, 0.717) is 22.9 Å². The summed E-state index contributed by atoms with van der Waals surface area (Å²) >= 11 is 5.75. The molecule has 0 radical (unpaired) electrons. The molecule has 3 saturated carbocycles. The van der Waals surface area contributed by atoms with Gasteiger partial charge in [0.25, 0.3) is 0 Å². The van der Waals surface area contributed by atoms with Crippen LogP contribution in [0.3, 0.4) is 0 Å². The van der Waals surface area contributed by atoms with Crippen molar-refractivity contribution in [1.82, 2.24) is 0 Å². The molecule has 0 spiro atoms. The Kier molecular flexibility index (Phi) is 2.69. The summed E-state index contributed by atoms with van der Waals surface area (Å²) in [5.74, 6) is 3.32. The molecule has 5 unspecified atom stereocenters. The van der Waals surface area contributed by atoms with Crippen molar-refractivity contribution < 1.29 is 9.50 Å². The summed E-state index contributed by atoms with van der Waals surface area (Å²) in [5.41, 5.74) is 0.592. The van der Waals surface area contributed by atoms with Gasteiger partial charge in [-0.2, -0.15) is 0 Å². The van der Waals surface area contributed by atoms with Crippen LogP contribution in [0, 0.1) is 35.4 Å². The van der Waals surface area contributed by atoms with Gasteiger partial charge in [-0.3, -0.25) is 0 Å². The smallest absolute Gasteiger partial charge is 0.127 e. The van der Waals surface area contributed by atoms with E-state index in [2.05, 4.69) is 0 Å². The highest BCUT2D eigenvalue weighted by Gasteiger charge is 2.66. The van der Waals surface area contributed by atoms with Gasteiger partial charge >= 0.3 is 0 Å². The first-order valence-corrected chi connectivity index (χ1v) is 7.65. The molecule has 1 N–H and O–H groups in total. The lowest BCUT2D eigenvalue weighted by Gasteiger charge is -2.15. The van der Waals surface area contributed by atoms with Crippen LogP contribution in [0.25, 0.3) is 0 Å². The van der Waals surface area contributed by atoms with Gasteiger partial charge in [-0.15, -0.1) is 0 Å². The monoisotopic (exact) mass is 280 g/mol. The van der Waals surface area contributed by atoms with Crippen molar-refractivity contribution in [2.45, 2.75) is 31.8 Å². The molecule has 3 heteroatoms. The normalized spacial score (nSPS) is 40.3. The van der Waals surface area contributed by atoms with Crippen molar-refractivity contribution >= 4 is 11.6 Å². The van der Waals surface area contributed by atoms with Crippen molar-refractivity contribution in [3.8, 4) is 0 Å². The van der Waals surface area contributed by atoms with Crippen LogP contribution in [0.1, 0.15) is 24.8 Å². The van der Waals surface area contributed by atoms with E-state index < -0.39 is 0 Å². The average molecular weight is 281 g/mol. The van der Waals surface area contributed by atoms with Gasteiger partial charge in [0.05, 0.1) is 6.10 Å². The molecule has 0 heterocycles. The minimum Gasteiger partial charge on any atom is -0.392 e. The van der Waals surface area contributed by atoms with Gasteiger partial charge in [0, 0.05) is 11.4 Å². The molecule has 0 saturated heterocycles. The number of aliphatic hydroxyl groups excluding tert-OH is 1. The molecule has 1 nitrogen and oxygen atoms in total. The van der Waals surface area contributed by atoms with Crippen LogP contribution in [0.2, 0.25) is 5.02 Å². The highest BCUT2D eigenvalue weighted by atomic mass is 35.5. The SMILES string of the molecule is OC(Cc1ccc(Cl)cc1F)C1C2C3CCC(C3)C12. The molecule has 3 aliphatic carbocycles. The maximum Gasteiger partial charge on any atom is 0.127 e. The summed E-state index contributed by atoms with van der Waals surface area (Å²) in [5, 5.41) is 10.8. The van der Waals surface area contributed by atoms with Gasteiger partial charge in [-0.1, -0.05) is 17.7 Å². The lowest BCUT2D eigenvalue weighted by atomic mass is 9.95. The zero-order valence-corrected chi connectivity index (χ0v) is 11.5. The molecular weight excluding hydrogens is 263 g/mol. The number of aliphatic hydroxyl groups is 1. The van der Waals surface area contributed by atoms with Gasteiger partial charge in [-0.05, 0) is 66.5 Å². The fourth-order valence-corrected chi connectivity index (χ4v) is 5.11. The molecule has 4 rings (SSSR count). The Morgan fingerprint density at radius 2 is 1.95 bits per heavy atom. The van der Waals surface area contributed by atoms with E-state index in [1.54, 1.807) is 12.1 Å².